The molecule has 0 aliphatic rings. The minimum absolute atomic E-state index is 0.0334. The van der Waals surface area contributed by atoms with E-state index in [9.17, 15) is 20.0 Å². The minimum atomic E-state index is -0.593. The summed E-state index contributed by atoms with van der Waals surface area (Å²) in [5, 5.41) is 22.6. The van der Waals surface area contributed by atoms with Gasteiger partial charge in [0.2, 0.25) is 5.91 Å². The lowest BCUT2D eigenvalue weighted by Crippen LogP contribution is -2.21. The van der Waals surface area contributed by atoms with Crippen LogP contribution >= 0.6 is 0 Å². The average Bonchev–Trinajstić information content (AvgIpc) is 2.38. The summed E-state index contributed by atoms with van der Waals surface area (Å²) in [4.78, 5) is 21.7. The van der Waals surface area contributed by atoms with Crippen LogP contribution in [0.4, 0.5) is 11.4 Å². The van der Waals surface area contributed by atoms with Gasteiger partial charge in [-0.1, -0.05) is 13.3 Å². The van der Waals surface area contributed by atoms with Crippen molar-refractivity contribution in [3.63, 3.8) is 0 Å². The number of nitro groups is 1. The first-order chi connectivity index (χ1) is 8.97. The fourth-order valence-corrected chi connectivity index (χ4v) is 1.60. The van der Waals surface area contributed by atoms with Gasteiger partial charge in [0.1, 0.15) is 5.75 Å². The van der Waals surface area contributed by atoms with Crippen LogP contribution in [0.1, 0.15) is 19.8 Å². The number of nitrogens with two attached hydrogens (primary N) is 1. The maximum absolute atomic E-state index is 11.7. The number of phenolic OH excluding ortho intramolecular Hbond substituents is 1. The largest absolute Gasteiger partial charge is 0.506 e. The first kappa shape index (κ1) is 14.9. The number of nitrogens with one attached hydrogen (secondary N) is 1. The summed E-state index contributed by atoms with van der Waals surface area (Å²) in [6.07, 6.45) is 0.986. The summed E-state index contributed by atoms with van der Waals surface area (Å²) in [6.45, 7) is 2.32. The zero-order valence-corrected chi connectivity index (χ0v) is 10.6. The molecule has 104 valence electrons. The Bertz CT molecular complexity index is 472. The van der Waals surface area contributed by atoms with Gasteiger partial charge in [0.05, 0.1) is 10.6 Å². The van der Waals surface area contributed by atoms with E-state index in [2.05, 4.69) is 5.32 Å². The van der Waals surface area contributed by atoms with E-state index in [4.69, 9.17) is 5.73 Å². The number of rotatable bonds is 6. The molecule has 1 rings (SSSR count). The third kappa shape index (κ3) is 4.22. The molecule has 0 spiro atoms. The van der Waals surface area contributed by atoms with Crippen LogP contribution in [0, 0.1) is 16.0 Å². The molecule has 0 bridgehead atoms. The molecular formula is C12H17N3O4. The Morgan fingerprint density at radius 3 is 2.79 bits per heavy atom. The third-order valence-corrected chi connectivity index (χ3v) is 2.85. The average molecular weight is 267 g/mol. The molecule has 0 heterocycles. The van der Waals surface area contributed by atoms with Crippen LogP contribution in [0.25, 0.3) is 0 Å². The smallest absolute Gasteiger partial charge is 0.271 e. The molecule has 0 radical (unpaired) electrons. The predicted molar refractivity (Wildman–Crippen MR) is 70.8 cm³/mol. The van der Waals surface area contributed by atoms with E-state index in [1.54, 1.807) is 0 Å². The lowest BCUT2D eigenvalue weighted by Gasteiger charge is -2.12. The molecule has 7 nitrogen and oxygen atoms in total. The number of benzene rings is 1. The topological polar surface area (TPSA) is 118 Å². The van der Waals surface area contributed by atoms with Crippen LogP contribution in [-0.4, -0.2) is 22.5 Å². The Kier molecular flexibility index (Phi) is 5.25. The van der Waals surface area contributed by atoms with Crippen molar-refractivity contribution in [3.05, 3.63) is 28.3 Å². The molecule has 7 heteroatoms. The summed E-state index contributed by atoms with van der Waals surface area (Å²) >= 11 is 0. The molecule has 1 amide bonds. The van der Waals surface area contributed by atoms with Crippen molar-refractivity contribution in [2.75, 3.05) is 11.9 Å². The number of non-ortho nitro benzene ring substituents is 1. The quantitative estimate of drug-likeness (QED) is 0.411. The van der Waals surface area contributed by atoms with Gasteiger partial charge in [-0.3, -0.25) is 14.9 Å². The van der Waals surface area contributed by atoms with Crippen molar-refractivity contribution in [1.29, 1.82) is 0 Å². The van der Waals surface area contributed by atoms with E-state index in [1.165, 1.54) is 12.1 Å². The van der Waals surface area contributed by atoms with Gasteiger partial charge in [-0.2, -0.15) is 0 Å². The lowest BCUT2D eigenvalue weighted by atomic mass is 10.0. The maximum atomic E-state index is 11.7. The molecule has 19 heavy (non-hydrogen) atoms. The predicted octanol–water partition coefficient (Wildman–Crippen LogP) is 1.61. The lowest BCUT2D eigenvalue weighted by molar-refractivity contribution is -0.384. The number of hydrogen-bond donors (Lipinski definition) is 3. The van der Waals surface area contributed by atoms with Crippen molar-refractivity contribution in [2.24, 2.45) is 11.7 Å². The van der Waals surface area contributed by atoms with Gasteiger partial charge in [-0.25, -0.2) is 0 Å². The first-order valence-corrected chi connectivity index (χ1v) is 5.95. The molecule has 0 aliphatic heterocycles. The monoisotopic (exact) mass is 267 g/mol. The second kappa shape index (κ2) is 6.69. The molecule has 1 unspecified atom stereocenters. The van der Waals surface area contributed by atoms with E-state index in [-0.39, 0.29) is 35.4 Å². The van der Waals surface area contributed by atoms with Gasteiger partial charge < -0.3 is 16.2 Å². The normalized spacial score (nSPS) is 11.9. The highest BCUT2D eigenvalue weighted by atomic mass is 16.6. The Morgan fingerprint density at radius 1 is 1.58 bits per heavy atom. The minimum Gasteiger partial charge on any atom is -0.506 e. The van der Waals surface area contributed by atoms with Gasteiger partial charge in [0.15, 0.2) is 0 Å². The van der Waals surface area contributed by atoms with E-state index in [0.29, 0.717) is 6.54 Å². The molecule has 0 saturated heterocycles. The van der Waals surface area contributed by atoms with E-state index in [1.807, 2.05) is 6.92 Å². The zero-order chi connectivity index (χ0) is 14.4. The Balaban J connectivity index is 2.78. The standard InChI is InChI=1S/C12H17N3O4/c1-2-8(7-13)5-12(17)14-10-6-9(15(18)19)3-4-11(10)16/h3-4,6,8,16H,2,5,7,13H2,1H3,(H,14,17). The summed E-state index contributed by atoms with van der Waals surface area (Å²) in [5.74, 6) is -0.478. The number of carbonyl (C=O) groups is 1. The summed E-state index contributed by atoms with van der Waals surface area (Å²) in [6, 6.07) is 3.46. The van der Waals surface area contributed by atoms with E-state index in [0.717, 1.165) is 12.5 Å². The number of nitrogens with zero attached hydrogens (tertiary/aromatic N) is 1. The van der Waals surface area contributed by atoms with Gasteiger partial charge in [-0.05, 0) is 18.5 Å². The zero-order valence-electron chi connectivity index (χ0n) is 10.6. The molecule has 0 fully saturated rings. The molecule has 1 aromatic carbocycles. The van der Waals surface area contributed by atoms with Crippen LogP contribution in [0.2, 0.25) is 0 Å². The highest BCUT2D eigenvalue weighted by Crippen LogP contribution is 2.28. The second-order valence-corrected chi connectivity index (χ2v) is 4.22. The summed E-state index contributed by atoms with van der Waals surface area (Å²) in [5.41, 5.74) is 5.34. The second-order valence-electron chi connectivity index (χ2n) is 4.22. The maximum Gasteiger partial charge on any atom is 0.271 e. The molecule has 1 atom stereocenters. The molecule has 0 aliphatic carbocycles. The van der Waals surface area contributed by atoms with Crippen molar-refractivity contribution >= 4 is 17.3 Å². The number of phenols is 1. The summed E-state index contributed by atoms with van der Waals surface area (Å²) < 4.78 is 0. The van der Waals surface area contributed by atoms with Crippen LogP contribution in [-0.2, 0) is 4.79 Å². The van der Waals surface area contributed by atoms with Crippen LogP contribution in [0.5, 0.6) is 5.75 Å². The Morgan fingerprint density at radius 2 is 2.26 bits per heavy atom. The third-order valence-electron chi connectivity index (χ3n) is 2.85. The number of nitro benzene ring substituents is 1. The first-order valence-electron chi connectivity index (χ1n) is 5.95. The number of amides is 1. The van der Waals surface area contributed by atoms with Crippen molar-refractivity contribution in [1.82, 2.24) is 0 Å². The fraction of sp³-hybridized carbons (Fsp3) is 0.417. The number of carbonyl (C=O) groups excluding carboxylic acids is 1. The SMILES string of the molecule is CCC(CN)CC(=O)Nc1cc([N+](=O)[O-])ccc1O. The molecule has 0 saturated carbocycles. The number of aromatic hydroxyl groups is 1. The fourth-order valence-electron chi connectivity index (χ4n) is 1.60. The molecule has 0 aromatic heterocycles. The Labute approximate surface area is 110 Å². The highest BCUT2D eigenvalue weighted by Gasteiger charge is 2.15. The Hall–Kier alpha value is -2.15. The summed E-state index contributed by atoms with van der Waals surface area (Å²) in [7, 11) is 0. The van der Waals surface area contributed by atoms with E-state index >= 15 is 0 Å². The van der Waals surface area contributed by atoms with E-state index < -0.39 is 4.92 Å². The van der Waals surface area contributed by atoms with Crippen LogP contribution in [0.3, 0.4) is 0 Å². The van der Waals surface area contributed by atoms with Crippen LogP contribution < -0.4 is 11.1 Å². The molecule has 1 aromatic rings. The van der Waals surface area contributed by atoms with Gasteiger partial charge >= 0.3 is 0 Å². The van der Waals surface area contributed by atoms with Gasteiger partial charge in [0, 0.05) is 18.6 Å². The van der Waals surface area contributed by atoms with Crippen molar-refractivity contribution in [3.8, 4) is 5.75 Å². The van der Waals surface area contributed by atoms with Crippen LogP contribution in [0.15, 0.2) is 18.2 Å². The van der Waals surface area contributed by atoms with Crippen molar-refractivity contribution in [2.45, 2.75) is 19.8 Å². The van der Waals surface area contributed by atoms with Crippen molar-refractivity contribution < 1.29 is 14.8 Å². The highest BCUT2D eigenvalue weighted by molar-refractivity contribution is 5.92. The molecule has 4 N–H and O–H groups in total. The molecular weight excluding hydrogens is 250 g/mol. The van der Waals surface area contributed by atoms with Gasteiger partial charge in [0.25, 0.3) is 5.69 Å². The van der Waals surface area contributed by atoms with Gasteiger partial charge in [-0.15, -0.1) is 0 Å². The number of hydrogen-bond acceptors (Lipinski definition) is 5. The number of anilines is 1.